The van der Waals surface area contributed by atoms with Crippen molar-refractivity contribution in [1.82, 2.24) is 0 Å². The average molecular weight is 276 g/mol. The van der Waals surface area contributed by atoms with Gasteiger partial charge < -0.3 is 43.6 Å². The summed E-state index contributed by atoms with van der Waals surface area (Å²) in [5.74, 6) is 0. The van der Waals surface area contributed by atoms with E-state index in [9.17, 15) is 0 Å². The molecule has 70 valence electrons. The van der Waals surface area contributed by atoms with Gasteiger partial charge in [-0.1, -0.05) is 0 Å². The van der Waals surface area contributed by atoms with Crippen molar-refractivity contribution >= 4 is 9.05 Å². The summed E-state index contributed by atoms with van der Waals surface area (Å²) in [4.78, 5) is 34.3. The molecule has 0 unspecified atom stereocenters. The Bertz CT molecular complexity index is 82.8. The summed E-state index contributed by atoms with van der Waals surface area (Å²) in [5, 5.41) is 24.0. The molecule has 0 bridgehead atoms. The monoisotopic (exact) mass is 276 g/mol. The summed E-state index contributed by atoms with van der Waals surface area (Å²) >= 11 is 0. The molecular weight excluding hydrogens is 268 g/mol. The minimum absolute atomic E-state index is 0. The zero-order valence-electron chi connectivity index (χ0n) is 9.47. The first-order valence-corrected chi connectivity index (χ1v) is 4.16. The molecule has 0 heterocycles. The fourth-order valence-electron chi connectivity index (χ4n) is 0.0577. The average Bonchev–Trinajstić information content (AvgIpc) is 1.83. The third-order valence-electron chi connectivity index (χ3n) is 0.421. The van der Waals surface area contributed by atoms with E-state index in [1.807, 2.05) is 0 Å². The SMILES string of the molecule is OCC(O)CO.[Na+].[Na+].[Na+].[Na+].[O-][Si]([O-])([O-])[O-]. The van der Waals surface area contributed by atoms with Crippen LogP contribution in [0.2, 0.25) is 0 Å². The van der Waals surface area contributed by atoms with Crippen LogP contribution < -0.4 is 137 Å². The molecular formula is C3H8Na4O7Si. The zero-order valence-corrected chi connectivity index (χ0v) is 18.5. The van der Waals surface area contributed by atoms with E-state index in [0.717, 1.165) is 0 Å². The van der Waals surface area contributed by atoms with Crippen LogP contribution in [0.25, 0.3) is 0 Å². The molecule has 0 aromatic heterocycles. The third-order valence-corrected chi connectivity index (χ3v) is 0.421. The van der Waals surface area contributed by atoms with Crippen LogP contribution in [0.5, 0.6) is 0 Å². The van der Waals surface area contributed by atoms with Gasteiger partial charge in [0.1, 0.15) is 6.10 Å². The van der Waals surface area contributed by atoms with Crippen LogP contribution >= 0.6 is 0 Å². The number of aliphatic hydroxyl groups is 3. The number of hydrogen-bond donors (Lipinski definition) is 3. The van der Waals surface area contributed by atoms with Gasteiger partial charge in [-0.2, -0.15) is 0 Å². The smallest absolute Gasteiger partial charge is 0.894 e. The number of aliphatic hydroxyl groups excluding tert-OH is 3. The van der Waals surface area contributed by atoms with E-state index in [1.54, 1.807) is 0 Å². The molecule has 0 radical (unpaired) electrons. The molecule has 0 saturated carbocycles. The van der Waals surface area contributed by atoms with E-state index in [4.69, 9.17) is 34.5 Å². The first-order chi connectivity index (χ1) is 4.81. The molecule has 3 N–H and O–H groups in total. The van der Waals surface area contributed by atoms with Crippen LogP contribution in [0.1, 0.15) is 0 Å². The quantitative estimate of drug-likeness (QED) is 0.423. The summed E-state index contributed by atoms with van der Waals surface area (Å²) in [7, 11) is -5.61. The van der Waals surface area contributed by atoms with Crippen LogP contribution in [0.15, 0.2) is 0 Å². The minimum atomic E-state index is -5.61. The van der Waals surface area contributed by atoms with Crippen LogP contribution in [-0.2, 0) is 0 Å². The zero-order chi connectivity index (χ0) is 9.49. The Kier molecular flexibility index (Phi) is 56.0. The van der Waals surface area contributed by atoms with E-state index in [2.05, 4.69) is 0 Å². The summed E-state index contributed by atoms with van der Waals surface area (Å²) < 4.78 is 0. The predicted octanol–water partition coefficient (Wildman–Crippen LogP) is -18.8. The molecule has 0 aromatic rings. The Morgan fingerprint density at radius 1 is 0.800 bits per heavy atom. The van der Waals surface area contributed by atoms with Gasteiger partial charge in [-0.05, 0) is 0 Å². The van der Waals surface area contributed by atoms with Crippen molar-refractivity contribution in [1.29, 1.82) is 0 Å². The Balaban J connectivity index is -0.0000000215. The van der Waals surface area contributed by atoms with E-state index in [0.29, 0.717) is 0 Å². The maximum absolute atomic E-state index is 8.58. The van der Waals surface area contributed by atoms with Gasteiger partial charge in [0, 0.05) is 0 Å². The second kappa shape index (κ2) is 23.1. The number of rotatable bonds is 2. The van der Waals surface area contributed by atoms with Crippen molar-refractivity contribution in [2.45, 2.75) is 6.10 Å². The molecule has 0 amide bonds. The summed E-state index contributed by atoms with van der Waals surface area (Å²) in [5.41, 5.74) is 0. The van der Waals surface area contributed by atoms with Crippen LogP contribution in [0.3, 0.4) is 0 Å². The maximum Gasteiger partial charge on any atom is 1.00 e. The Hall–Kier alpha value is 3.94. The first-order valence-electron chi connectivity index (χ1n) is 2.52. The Morgan fingerprint density at radius 3 is 0.933 bits per heavy atom. The fraction of sp³-hybridized carbons (Fsp3) is 1.00. The molecule has 0 atom stereocenters. The van der Waals surface area contributed by atoms with Crippen molar-refractivity contribution in [3.63, 3.8) is 0 Å². The van der Waals surface area contributed by atoms with Gasteiger partial charge in [-0.3, -0.25) is 0 Å². The predicted molar refractivity (Wildman–Crippen MR) is 25.9 cm³/mol. The van der Waals surface area contributed by atoms with Crippen molar-refractivity contribution in [2.75, 3.05) is 13.2 Å². The molecule has 0 spiro atoms. The van der Waals surface area contributed by atoms with Crippen LogP contribution in [-0.4, -0.2) is 43.7 Å². The molecule has 0 rings (SSSR count). The summed E-state index contributed by atoms with van der Waals surface area (Å²) in [6.45, 7) is -0.729. The van der Waals surface area contributed by atoms with E-state index >= 15 is 0 Å². The molecule has 0 fully saturated rings. The van der Waals surface area contributed by atoms with Gasteiger partial charge in [0.15, 0.2) is 0 Å². The van der Waals surface area contributed by atoms with Crippen LogP contribution in [0, 0.1) is 0 Å². The standard InChI is InChI=1S/C3H8O3.4Na.O4Si/c4-1-3(6)2-5;;;;;1-5(2,3)4/h3-6H,1-2H2;;;;;/q;4*+1;-4. The fourth-order valence-corrected chi connectivity index (χ4v) is 0.0577. The normalized spacial score (nSPS) is 8.00. The first kappa shape index (κ1) is 36.4. The molecule has 0 saturated heterocycles. The van der Waals surface area contributed by atoms with E-state index in [-0.39, 0.29) is 131 Å². The van der Waals surface area contributed by atoms with Gasteiger partial charge in [0.2, 0.25) is 0 Å². The van der Waals surface area contributed by atoms with Gasteiger partial charge in [-0.15, -0.1) is 0 Å². The Morgan fingerprint density at radius 2 is 0.933 bits per heavy atom. The molecule has 0 aliphatic heterocycles. The van der Waals surface area contributed by atoms with Crippen LogP contribution in [0.4, 0.5) is 0 Å². The van der Waals surface area contributed by atoms with Crippen molar-refractivity contribution in [3.8, 4) is 0 Å². The largest absolute Gasteiger partial charge is 1.00 e. The van der Waals surface area contributed by atoms with Crippen molar-refractivity contribution in [3.05, 3.63) is 0 Å². The van der Waals surface area contributed by atoms with Gasteiger partial charge in [0.25, 0.3) is 0 Å². The molecule has 12 heteroatoms. The maximum atomic E-state index is 8.58. The van der Waals surface area contributed by atoms with Gasteiger partial charge >= 0.3 is 118 Å². The minimum Gasteiger partial charge on any atom is -0.894 e. The topological polar surface area (TPSA) is 153 Å². The molecule has 15 heavy (non-hydrogen) atoms. The van der Waals surface area contributed by atoms with Crippen molar-refractivity contribution in [2.24, 2.45) is 0 Å². The molecule has 0 aliphatic rings. The summed E-state index contributed by atoms with van der Waals surface area (Å²) in [6.07, 6.45) is -0.954. The molecule has 0 aliphatic carbocycles. The second-order valence-electron chi connectivity index (χ2n) is 1.52. The van der Waals surface area contributed by atoms with E-state index in [1.165, 1.54) is 0 Å². The molecule has 0 aromatic carbocycles. The Labute approximate surface area is 178 Å². The van der Waals surface area contributed by atoms with E-state index < -0.39 is 15.2 Å². The second-order valence-corrected chi connectivity index (χ2v) is 2.52. The summed E-state index contributed by atoms with van der Waals surface area (Å²) in [6, 6.07) is 0. The van der Waals surface area contributed by atoms with Crippen molar-refractivity contribution < 1.29 is 153 Å². The van der Waals surface area contributed by atoms with Gasteiger partial charge in [-0.25, -0.2) is 0 Å². The third kappa shape index (κ3) is 72.3. The number of hydrogen-bond acceptors (Lipinski definition) is 7. The van der Waals surface area contributed by atoms with Gasteiger partial charge in [0.05, 0.1) is 13.2 Å². The molecule has 7 nitrogen and oxygen atoms in total.